The second-order valence-electron chi connectivity index (χ2n) is 9.27. The normalized spacial score (nSPS) is 16.9. The summed E-state index contributed by atoms with van der Waals surface area (Å²) < 4.78 is 28.3. The van der Waals surface area contributed by atoms with Crippen LogP contribution in [-0.4, -0.2) is 55.2 Å². The second kappa shape index (κ2) is 9.35. The molecule has 0 spiro atoms. The maximum Gasteiger partial charge on any atom is 0.256 e. The van der Waals surface area contributed by atoms with Crippen molar-refractivity contribution < 1.29 is 13.2 Å². The number of para-hydroxylation sites is 1. The Balaban J connectivity index is 1.32. The molecule has 0 atom stereocenters. The van der Waals surface area contributed by atoms with Crippen molar-refractivity contribution in [3.8, 4) is 10.6 Å². The van der Waals surface area contributed by atoms with Crippen molar-refractivity contribution in [3.05, 3.63) is 64.5 Å². The molecule has 0 bridgehead atoms. The van der Waals surface area contributed by atoms with Crippen LogP contribution in [0.25, 0.3) is 20.8 Å². The third kappa shape index (κ3) is 4.26. The molecule has 10 heteroatoms. The van der Waals surface area contributed by atoms with Crippen LogP contribution in [-0.2, 0) is 23.0 Å². The number of carbonyl (C=O) groups is 1. The van der Waals surface area contributed by atoms with Crippen molar-refractivity contribution >= 4 is 53.8 Å². The van der Waals surface area contributed by atoms with Crippen LogP contribution in [0, 0.1) is 0 Å². The smallest absolute Gasteiger partial charge is 0.256 e. The minimum absolute atomic E-state index is 0.228. The topological polar surface area (TPSA) is 82.6 Å². The lowest BCUT2D eigenvalue weighted by molar-refractivity contribution is 0.102. The Labute approximate surface area is 218 Å². The maximum absolute atomic E-state index is 13.3. The standard InChI is InChI=1S/C26H26N4O3S3/c1-29-15-12-19-22(16-29)35-26(23(19)25-27-20-6-2-3-7-21(20)34-25)28-24(31)17-8-10-18(11-9-17)36(32,33)30-13-4-5-14-30/h2-3,6-11H,4-5,12-16H2,1H3,(H,28,31). The maximum atomic E-state index is 13.3. The first-order valence-electron chi connectivity index (χ1n) is 12.0. The molecule has 2 aromatic heterocycles. The number of fused-ring (bicyclic) bond motifs is 2. The SMILES string of the molecule is CN1CCc2c(sc(NC(=O)c3ccc(S(=O)(=O)N4CCCC4)cc3)c2-c2nc3ccccc3s2)C1. The molecule has 0 radical (unpaired) electrons. The number of carbonyl (C=O) groups excluding carboxylic acids is 1. The number of aromatic nitrogens is 1. The fourth-order valence-corrected chi connectivity index (χ4v) is 8.81. The molecule has 1 fully saturated rings. The number of nitrogens with zero attached hydrogens (tertiary/aromatic N) is 3. The van der Waals surface area contributed by atoms with E-state index in [1.807, 2.05) is 18.2 Å². The zero-order valence-electron chi connectivity index (χ0n) is 19.9. The molecule has 0 saturated carbocycles. The highest BCUT2D eigenvalue weighted by Crippen LogP contribution is 2.45. The Morgan fingerprint density at radius 1 is 1.00 bits per heavy atom. The second-order valence-corrected chi connectivity index (χ2v) is 13.3. The van der Waals surface area contributed by atoms with Crippen LogP contribution in [0.4, 0.5) is 5.00 Å². The molecule has 2 aliphatic heterocycles. The molecule has 1 amide bonds. The van der Waals surface area contributed by atoms with Crippen LogP contribution in [0.2, 0.25) is 0 Å². The number of benzene rings is 2. The molecule has 36 heavy (non-hydrogen) atoms. The number of hydrogen-bond donors (Lipinski definition) is 1. The molecule has 4 heterocycles. The first-order chi connectivity index (χ1) is 17.4. The van der Waals surface area contributed by atoms with E-state index < -0.39 is 10.0 Å². The van der Waals surface area contributed by atoms with Gasteiger partial charge in [0, 0.05) is 42.2 Å². The Hall–Kier alpha value is -2.63. The number of sulfonamides is 1. The molecule has 186 valence electrons. The summed E-state index contributed by atoms with van der Waals surface area (Å²) in [6, 6.07) is 14.3. The van der Waals surface area contributed by atoms with Crippen molar-refractivity contribution in [2.75, 3.05) is 32.0 Å². The summed E-state index contributed by atoms with van der Waals surface area (Å²) in [5.74, 6) is -0.255. The molecule has 6 rings (SSSR count). The predicted molar refractivity (Wildman–Crippen MR) is 145 cm³/mol. The van der Waals surface area contributed by atoms with Gasteiger partial charge in [-0.1, -0.05) is 12.1 Å². The molecule has 4 aromatic rings. The van der Waals surface area contributed by atoms with E-state index in [2.05, 4.69) is 23.3 Å². The number of amides is 1. The lowest BCUT2D eigenvalue weighted by atomic mass is 10.0. The van der Waals surface area contributed by atoms with Crippen molar-refractivity contribution in [3.63, 3.8) is 0 Å². The number of nitrogens with one attached hydrogen (secondary N) is 1. The van der Waals surface area contributed by atoms with Gasteiger partial charge >= 0.3 is 0 Å². The number of anilines is 1. The third-order valence-electron chi connectivity index (χ3n) is 6.80. The van der Waals surface area contributed by atoms with E-state index in [1.54, 1.807) is 34.8 Å². The van der Waals surface area contributed by atoms with Gasteiger partial charge in [-0.25, -0.2) is 13.4 Å². The average Bonchev–Trinajstić information content (AvgIpc) is 3.62. The fraction of sp³-hybridized carbons (Fsp3) is 0.308. The molecular formula is C26H26N4O3S3. The minimum Gasteiger partial charge on any atom is -0.313 e. The van der Waals surface area contributed by atoms with Gasteiger partial charge in [0.2, 0.25) is 10.0 Å². The van der Waals surface area contributed by atoms with Crippen molar-refractivity contribution in [1.29, 1.82) is 0 Å². The van der Waals surface area contributed by atoms with Crippen LogP contribution in [0.1, 0.15) is 33.6 Å². The van der Waals surface area contributed by atoms with Gasteiger partial charge < -0.3 is 10.2 Å². The van der Waals surface area contributed by atoms with Crippen LogP contribution in [0.3, 0.4) is 0 Å². The van der Waals surface area contributed by atoms with E-state index in [1.165, 1.54) is 26.9 Å². The number of thiazole rings is 1. The molecule has 7 nitrogen and oxygen atoms in total. The van der Waals surface area contributed by atoms with E-state index in [4.69, 9.17) is 4.98 Å². The summed E-state index contributed by atoms with van der Waals surface area (Å²) in [5, 5.41) is 4.84. The van der Waals surface area contributed by atoms with Gasteiger partial charge in [-0.05, 0) is 68.3 Å². The van der Waals surface area contributed by atoms with E-state index >= 15 is 0 Å². The van der Waals surface area contributed by atoms with Gasteiger partial charge in [0.1, 0.15) is 10.0 Å². The fourth-order valence-electron chi connectivity index (χ4n) is 4.86. The highest BCUT2D eigenvalue weighted by molar-refractivity contribution is 7.89. The van der Waals surface area contributed by atoms with E-state index in [0.717, 1.165) is 58.1 Å². The quantitative estimate of drug-likeness (QED) is 0.385. The molecule has 0 unspecified atom stereocenters. The molecule has 0 aliphatic carbocycles. The van der Waals surface area contributed by atoms with Crippen LogP contribution in [0.15, 0.2) is 53.4 Å². The summed E-state index contributed by atoms with van der Waals surface area (Å²) in [5.41, 5.74) is 3.66. The van der Waals surface area contributed by atoms with Crippen LogP contribution in [0.5, 0.6) is 0 Å². The number of likely N-dealkylation sites (N-methyl/N-ethyl adjacent to an activating group) is 1. The highest BCUT2D eigenvalue weighted by atomic mass is 32.2. The summed E-state index contributed by atoms with van der Waals surface area (Å²) >= 11 is 3.25. The summed E-state index contributed by atoms with van der Waals surface area (Å²) in [6.07, 6.45) is 2.68. The van der Waals surface area contributed by atoms with E-state index in [9.17, 15) is 13.2 Å². The number of thiophene rings is 1. The number of hydrogen-bond acceptors (Lipinski definition) is 7. The minimum atomic E-state index is -3.51. The highest BCUT2D eigenvalue weighted by Gasteiger charge is 2.29. The van der Waals surface area contributed by atoms with Gasteiger partial charge in [-0.2, -0.15) is 4.31 Å². The molecular weight excluding hydrogens is 513 g/mol. The molecule has 2 aromatic carbocycles. The van der Waals surface area contributed by atoms with Gasteiger partial charge in [0.05, 0.1) is 15.1 Å². The van der Waals surface area contributed by atoms with Gasteiger partial charge in [-0.3, -0.25) is 4.79 Å². The molecule has 1 N–H and O–H groups in total. The Bertz CT molecular complexity index is 1520. The molecule has 2 aliphatic rings. The van der Waals surface area contributed by atoms with Gasteiger partial charge in [0.15, 0.2) is 0 Å². The van der Waals surface area contributed by atoms with Crippen LogP contribution >= 0.6 is 22.7 Å². The Kier molecular flexibility index (Phi) is 6.17. The summed E-state index contributed by atoms with van der Waals surface area (Å²) in [4.78, 5) is 21.9. The lowest BCUT2D eigenvalue weighted by Gasteiger charge is -2.22. The Morgan fingerprint density at radius 2 is 1.75 bits per heavy atom. The predicted octanol–water partition coefficient (Wildman–Crippen LogP) is 5.05. The van der Waals surface area contributed by atoms with Gasteiger partial charge in [-0.15, -0.1) is 22.7 Å². The Morgan fingerprint density at radius 3 is 2.50 bits per heavy atom. The van der Waals surface area contributed by atoms with Crippen molar-refractivity contribution in [1.82, 2.24) is 14.2 Å². The third-order valence-corrected chi connectivity index (χ3v) is 10.9. The zero-order chi connectivity index (χ0) is 24.9. The lowest BCUT2D eigenvalue weighted by Crippen LogP contribution is -2.27. The van der Waals surface area contributed by atoms with Crippen molar-refractivity contribution in [2.45, 2.75) is 30.7 Å². The largest absolute Gasteiger partial charge is 0.313 e. The first-order valence-corrected chi connectivity index (χ1v) is 15.1. The molecule has 1 saturated heterocycles. The average molecular weight is 539 g/mol. The zero-order valence-corrected chi connectivity index (χ0v) is 22.3. The van der Waals surface area contributed by atoms with E-state index in [-0.39, 0.29) is 10.8 Å². The monoisotopic (exact) mass is 538 g/mol. The first kappa shape index (κ1) is 23.7. The van der Waals surface area contributed by atoms with Crippen molar-refractivity contribution in [2.24, 2.45) is 0 Å². The summed E-state index contributed by atoms with van der Waals surface area (Å²) in [7, 11) is -1.40. The van der Waals surface area contributed by atoms with Crippen LogP contribution < -0.4 is 5.32 Å². The van der Waals surface area contributed by atoms with E-state index in [0.29, 0.717) is 18.7 Å². The summed E-state index contributed by atoms with van der Waals surface area (Å²) in [6.45, 7) is 2.91. The van der Waals surface area contributed by atoms with Gasteiger partial charge in [0.25, 0.3) is 5.91 Å². The number of rotatable bonds is 5.